The van der Waals surface area contributed by atoms with E-state index in [0.717, 1.165) is 16.1 Å². The molecule has 2 aromatic carbocycles. The molecule has 0 spiro atoms. The molecule has 1 nitrogen and oxygen atoms in total. The number of anilines is 1. The first-order valence-corrected chi connectivity index (χ1v) is 7.74. The fourth-order valence-electron chi connectivity index (χ4n) is 2.27. The molecule has 21 heavy (non-hydrogen) atoms. The van der Waals surface area contributed by atoms with E-state index in [2.05, 4.69) is 24.4 Å². The average molecular weight is 297 g/mol. The number of hydrogen-bond acceptors (Lipinski definition) is 2. The molecule has 0 saturated carbocycles. The second kappa shape index (κ2) is 6.10. The van der Waals surface area contributed by atoms with Crippen LogP contribution in [0.2, 0.25) is 0 Å². The molecule has 1 heterocycles. The first kappa shape index (κ1) is 13.8. The second-order valence-corrected chi connectivity index (χ2v) is 5.91. The highest BCUT2D eigenvalue weighted by molar-refractivity contribution is 7.13. The fraction of sp³-hybridized carbons (Fsp3) is 0.111. The first-order chi connectivity index (χ1) is 10.2. The van der Waals surface area contributed by atoms with Crippen LogP contribution in [0.3, 0.4) is 0 Å². The molecule has 0 saturated heterocycles. The zero-order chi connectivity index (χ0) is 14.7. The van der Waals surface area contributed by atoms with E-state index in [-0.39, 0.29) is 5.82 Å². The Kier molecular flexibility index (Phi) is 4.02. The van der Waals surface area contributed by atoms with Crippen molar-refractivity contribution in [2.75, 3.05) is 5.32 Å². The van der Waals surface area contributed by atoms with E-state index < -0.39 is 0 Å². The zero-order valence-corrected chi connectivity index (χ0v) is 12.6. The molecule has 3 heteroatoms. The number of halogens is 1. The molecule has 1 aromatic heterocycles. The van der Waals surface area contributed by atoms with Gasteiger partial charge in [0.1, 0.15) is 5.82 Å². The maximum absolute atomic E-state index is 13.9. The molecule has 0 fully saturated rings. The highest BCUT2D eigenvalue weighted by atomic mass is 32.1. The zero-order valence-electron chi connectivity index (χ0n) is 11.8. The molecular formula is C18H16FNS. The highest BCUT2D eigenvalue weighted by Crippen LogP contribution is 2.28. The lowest BCUT2D eigenvalue weighted by Crippen LogP contribution is -2.01. The summed E-state index contributed by atoms with van der Waals surface area (Å²) in [7, 11) is 0. The molecule has 0 aliphatic carbocycles. The molecule has 3 aromatic rings. The summed E-state index contributed by atoms with van der Waals surface area (Å²) in [6.07, 6.45) is 0. The molecule has 1 N–H and O–H groups in total. The van der Waals surface area contributed by atoms with E-state index in [9.17, 15) is 4.39 Å². The average Bonchev–Trinajstić information content (AvgIpc) is 3.02. The lowest BCUT2D eigenvalue weighted by Gasteiger charge is -2.10. The quantitative estimate of drug-likeness (QED) is 0.673. The molecule has 0 amide bonds. The Morgan fingerprint density at radius 3 is 2.67 bits per heavy atom. The predicted octanol–water partition coefficient (Wildman–Crippen LogP) is 5.47. The van der Waals surface area contributed by atoms with Crippen molar-refractivity contribution in [3.05, 3.63) is 76.9 Å². The molecular weight excluding hydrogens is 281 g/mol. The minimum absolute atomic E-state index is 0.169. The van der Waals surface area contributed by atoms with Gasteiger partial charge in [0.05, 0.1) is 0 Å². The van der Waals surface area contributed by atoms with Crippen LogP contribution in [0.5, 0.6) is 0 Å². The van der Waals surface area contributed by atoms with E-state index in [1.54, 1.807) is 17.4 Å². The largest absolute Gasteiger partial charge is 0.381 e. The van der Waals surface area contributed by atoms with Gasteiger partial charge in [-0.1, -0.05) is 30.3 Å². The Morgan fingerprint density at radius 1 is 1.05 bits per heavy atom. The Morgan fingerprint density at radius 2 is 1.90 bits per heavy atom. The van der Waals surface area contributed by atoms with Crippen LogP contribution in [0.15, 0.2) is 60.0 Å². The van der Waals surface area contributed by atoms with Crippen LogP contribution in [0.1, 0.15) is 11.1 Å². The van der Waals surface area contributed by atoms with Gasteiger partial charge < -0.3 is 5.32 Å². The van der Waals surface area contributed by atoms with Gasteiger partial charge in [0.2, 0.25) is 0 Å². The van der Waals surface area contributed by atoms with Gasteiger partial charge in [-0.15, -0.1) is 11.3 Å². The molecule has 0 atom stereocenters. The summed E-state index contributed by atoms with van der Waals surface area (Å²) >= 11 is 1.56. The Bertz CT molecular complexity index is 735. The summed E-state index contributed by atoms with van der Waals surface area (Å²) in [4.78, 5) is 0.963. The third-order valence-electron chi connectivity index (χ3n) is 3.45. The summed E-state index contributed by atoms with van der Waals surface area (Å²) in [5.74, 6) is -0.169. The Balaban J connectivity index is 1.81. The normalized spacial score (nSPS) is 10.6. The molecule has 0 aliphatic rings. The van der Waals surface area contributed by atoms with Gasteiger partial charge in [0, 0.05) is 22.7 Å². The number of rotatable bonds is 4. The van der Waals surface area contributed by atoms with E-state index in [0.29, 0.717) is 12.1 Å². The predicted molar refractivity (Wildman–Crippen MR) is 88.2 cm³/mol. The number of thiophene rings is 1. The third-order valence-corrected chi connectivity index (χ3v) is 4.35. The lowest BCUT2D eigenvalue weighted by atomic mass is 10.1. The van der Waals surface area contributed by atoms with Crippen LogP contribution >= 0.6 is 11.3 Å². The fourth-order valence-corrected chi connectivity index (χ4v) is 3.02. The summed E-state index contributed by atoms with van der Waals surface area (Å²) in [6, 6.07) is 17.3. The topological polar surface area (TPSA) is 12.0 Å². The molecule has 3 rings (SSSR count). The molecule has 0 radical (unpaired) electrons. The van der Waals surface area contributed by atoms with Crippen LogP contribution in [-0.4, -0.2) is 0 Å². The monoisotopic (exact) mass is 297 g/mol. The molecule has 0 bridgehead atoms. The van der Waals surface area contributed by atoms with Gasteiger partial charge in [0.25, 0.3) is 0 Å². The van der Waals surface area contributed by atoms with Crippen molar-refractivity contribution in [1.29, 1.82) is 0 Å². The minimum atomic E-state index is -0.169. The van der Waals surface area contributed by atoms with E-state index in [1.807, 2.05) is 41.8 Å². The van der Waals surface area contributed by atoms with Gasteiger partial charge in [-0.25, -0.2) is 4.39 Å². The number of benzene rings is 2. The van der Waals surface area contributed by atoms with Crippen molar-refractivity contribution >= 4 is 17.0 Å². The molecule has 106 valence electrons. The van der Waals surface area contributed by atoms with Crippen molar-refractivity contribution in [3.8, 4) is 10.4 Å². The van der Waals surface area contributed by atoms with Crippen LogP contribution < -0.4 is 5.32 Å². The van der Waals surface area contributed by atoms with E-state index >= 15 is 0 Å². The number of hydrogen-bond donors (Lipinski definition) is 1. The molecule has 0 unspecified atom stereocenters. The lowest BCUT2D eigenvalue weighted by molar-refractivity contribution is 0.631. The van der Waals surface area contributed by atoms with Crippen LogP contribution in [-0.2, 0) is 6.54 Å². The first-order valence-electron chi connectivity index (χ1n) is 6.86. The Hall–Kier alpha value is -2.13. The van der Waals surface area contributed by atoms with Crippen LogP contribution in [0.4, 0.5) is 10.1 Å². The number of nitrogens with one attached hydrogen (secondary N) is 1. The Labute approximate surface area is 128 Å². The number of aryl methyl sites for hydroxylation is 1. The van der Waals surface area contributed by atoms with Crippen molar-refractivity contribution < 1.29 is 4.39 Å². The smallest absolute Gasteiger partial charge is 0.131 e. The number of para-hydroxylation sites is 1. The molecule has 0 aliphatic heterocycles. The summed E-state index contributed by atoms with van der Waals surface area (Å²) in [5, 5.41) is 5.37. The van der Waals surface area contributed by atoms with E-state index in [1.165, 1.54) is 5.56 Å². The standard InChI is InChI=1S/C18H16FNS/c1-13-5-2-3-6-17(13)20-12-14-8-9-16(19)15(11-14)18-7-4-10-21-18/h2-11,20H,12H2,1H3. The summed E-state index contributed by atoms with van der Waals surface area (Å²) in [6.45, 7) is 2.76. The van der Waals surface area contributed by atoms with Crippen molar-refractivity contribution in [3.63, 3.8) is 0 Å². The minimum Gasteiger partial charge on any atom is -0.381 e. The van der Waals surface area contributed by atoms with Gasteiger partial charge in [-0.3, -0.25) is 0 Å². The van der Waals surface area contributed by atoms with Crippen molar-refractivity contribution in [2.45, 2.75) is 13.5 Å². The van der Waals surface area contributed by atoms with Crippen molar-refractivity contribution in [1.82, 2.24) is 0 Å². The van der Waals surface area contributed by atoms with Gasteiger partial charge in [0.15, 0.2) is 0 Å². The van der Waals surface area contributed by atoms with Gasteiger partial charge in [-0.2, -0.15) is 0 Å². The summed E-state index contributed by atoms with van der Waals surface area (Å²) in [5.41, 5.74) is 4.06. The highest BCUT2D eigenvalue weighted by Gasteiger charge is 2.07. The maximum Gasteiger partial charge on any atom is 0.131 e. The van der Waals surface area contributed by atoms with Crippen LogP contribution in [0.25, 0.3) is 10.4 Å². The second-order valence-electron chi connectivity index (χ2n) is 4.96. The van der Waals surface area contributed by atoms with Gasteiger partial charge >= 0.3 is 0 Å². The SMILES string of the molecule is Cc1ccccc1NCc1ccc(F)c(-c2cccs2)c1. The summed E-state index contributed by atoms with van der Waals surface area (Å²) < 4.78 is 13.9. The maximum atomic E-state index is 13.9. The van der Waals surface area contributed by atoms with Crippen LogP contribution in [0, 0.1) is 12.7 Å². The van der Waals surface area contributed by atoms with Gasteiger partial charge in [-0.05, 0) is 47.7 Å². The van der Waals surface area contributed by atoms with Crippen molar-refractivity contribution in [2.24, 2.45) is 0 Å². The van der Waals surface area contributed by atoms with E-state index in [4.69, 9.17) is 0 Å². The third kappa shape index (κ3) is 3.14.